The highest BCUT2D eigenvalue weighted by atomic mass is 28.3. The summed E-state index contributed by atoms with van der Waals surface area (Å²) in [5.41, 5.74) is 0. The Balaban J connectivity index is 4.16. The SMILES string of the molecule is C[Si]C(CC(=O)O)([Si]C)[Si]C. The lowest BCUT2D eigenvalue weighted by atomic mass is 10.5. The van der Waals surface area contributed by atoms with Gasteiger partial charge in [0, 0.05) is 35.0 Å². The smallest absolute Gasteiger partial charge is 0.302 e. The molecule has 0 spiro atoms. The average molecular weight is 200 g/mol. The normalized spacial score (nSPS) is 11.5. The Morgan fingerprint density at radius 1 is 1.27 bits per heavy atom. The van der Waals surface area contributed by atoms with Crippen LogP contribution in [-0.2, 0) is 4.79 Å². The zero-order chi connectivity index (χ0) is 8.91. The summed E-state index contributed by atoms with van der Waals surface area (Å²) >= 11 is 0. The van der Waals surface area contributed by atoms with Gasteiger partial charge in [-0.25, -0.2) is 0 Å². The maximum atomic E-state index is 10.5. The van der Waals surface area contributed by atoms with Gasteiger partial charge < -0.3 is 5.11 Å². The van der Waals surface area contributed by atoms with Gasteiger partial charge in [0.2, 0.25) is 0 Å². The molecule has 11 heavy (non-hydrogen) atoms. The fourth-order valence-corrected chi connectivity index (χ4v) is 4.85. The zero-order valence-electron chi connectivity index (χ0n) is 7.06. The quantitative estimate of drug-likeness (QED) is 0.666. The van der Waals surface area contributed by atoms with Crippen LogP contribution in [0, 0.1) is 0 Å². The molecule has 2 nitrogen and oxygen atoms in total. The van der Waals surface area contributed by atoms with Gasteiger partial charge in [-0.3, -0.25) is 4.79 Å². The van der Waals surface area contributed by atoms with E-state index in [1.54, 1.807) is 0 Å². The summed E-state index contributed by atoms with van der Waals surface area (Å²) in [6, 6.07) is 0. The minimum absolute atomic E-state index is 0.131. The third kappa shape index (κ3) is 3.35. The molecule has 60 valence electrons. The molecule has 0 aliphatic carbocycles. The number of rotatable bonds is 5. The van der Waals surface area contributed by atoms with E-state index in [1.165, 1.54) is 0 Å². The van der Waals surface area contributed by atoms with Crippen molar-refractivity contribution in [3.05, 3.63) is 0 Å². The molecule has 6 radical (unpaired) electrons. The Kier molecular flexibility index (Phi) is 4.94. The molecule has 0 fully saturated rings. The van der Waals surface area contributed by atoms with Crippen LogP contribution >= 0.6 is 0 Å². The Morgan fingerprint density at radius 3 is 1.73 bits per heavy atom. The minimum atomic E-state index is -0.650. The molecule has 0 unspecified atom stereocenters. The molecule has 5 heteroatoms. The number of carboxylic acid groups (broad SMARTS) is 1. The van der Waals surface area contributed by atoms with Crippen LogP contribution in [0.3, 0.4) is 0 Å². The second-order valence-corrected chi connectivity index (χ2v) is 7.79. The summed E-state index contributed by atoms with van der Waals surface area (Å²) in [5, 5.41) is 8.66. The van der Waals surface area contributed by atoms with Crippen LogP contribution in [0.2, 0.25) is 23.9 Å². The largest absolute Gasteiger partial charge is 0.481 e. The first-order valence-corrected chi connectivity index (χ1v) is 7.88. The molecule has 0 bridgehead atoms. The van der Waals surface area contributed by atoms with E-state index in [-0.39, 0.29) is 4.28 Å². The monoisotopic (exact) mass is 200 g/mol. The molecular weight excluding hydrogens is 188 g/mol. The second kappa shape index (κ2) is 4.89. The van der Waals surface area contributed by atoms with E-state index in [0.29, 0.717) is 6.42 Å². The lowest BCUT2D eigenvalue weighted by Crippen LogP contribution is -2.32. The van der Waals surface area contributed by atoms with Gasteiger partial charge in [-0.05, 0) is 4.28 Å². The highest BCUT2D eigenvalue weighted by molar-refractivity contribution is 6.79. The van der Waals surface area contributed by atoms with Gasteiger partial charge in [0.05, 0.1) is 0 Å². The van der Waals surface area contributed by atoms with Crippen molar-refractivity contribution in [2.24, 2.45) is 0 Å². The van der Waals surface area contributed by atoms with Crippen LogP contribution in [0.5, 0.6) is 0 Å². The molecule has 0 aromatic carbocycles. The van der Waals surface area contributed by atoms with Crippen molar-refractivity contribution in [2.75, 3.05) is 0 Å². The number of aliphatic carboxylic acids is 1. The molecule has 0 saturated heterocycles. The highest BCUT2D eigenvalue weighted by Gasteiger charge is 2.28. The van der Waals surface area contributed by atoms with E-state index in [4.69, 9.17) is 5.11 Å². The van der Waals surface area contributed by atoms with Crippen molar-refractivity contribution in [2.45, 2.75) is 30.3 Å². The van der Waals surface area contributed by atoms with Crippen molar-refractivity contribution >= 4 is 34.5 Å². The molecule has 0 atom stereocenters. The third-order valence-corrected chi connectivity index (χ3v) is 9.29. The van der Waals surface area contributed by atoms with Crippen LogP contribution in [0.1, 0.15) is 6.42 Å². The zero-order valence-corrected chi connectivity index (χ0v) is 10.1. The minimum Gasteiger partial charge on any atom is -0.481 e. The first-order chi connectivity index (χ1) is 5.10. The van der Waals surface area contributed by atoms with Crippen molar-refractivity contribution in [3.8, 4) is 0 Å². The maximum Gasteiger partial charge on any atom is 0.302 e. The van der Waals surface area contributed by atoms with Crippen LogP contribution in [0.25, 0.3) is 0 Å². The third-order valence-electron chi connectivity index (χ3n) is 1.70. The maximum absolute atomic E-state index is 10.5. The van der Waals surface area contributed by atoms with E-state index in [0.717, 1.165) is 28.6 Å². The molecule has 0 aliphatic heterocycles. The average Bonchev–Trinajstić information content (AvgIpc) is 2.00. The summed E-state index contributed by atoms with van der Waals surface area (Å²) in [4.78, 5) is 10.5. The van der Waals surface area contributed by atoms with Gasteiger partial charge in [-0.1, -0.05) is 19.6 Å². The van der Waals surface area contributed by atoms with Gasteiger partial charge in [0.15, 0.2) is 0 Å². The van der Waals surface area contributed by atoms with E-state index < -0.39 is 5.97 Å². The fourth-order valence-electron chi connectivity index (χ4n) is 0.867. The first kappa shape index (κ1) is 11.1. The van der Waals surface area contributed by atoms with Crippen LogP contribution in [-0.4, -0.2) is 39.6 Å². The van der Waals surface area contributed by atoms with E-state index in [9.17, 15) is 4.79 Å². The van der Waals surface area contributed by atoms with Gasteiger partial charge in [0.1, 0.15) is 0 Å². The molecule has 0 aromatic rings. The number of carboxylic acids is 1. The Hall–Kier alpha value is 0.121. The summed E-state index contributed by atoms with van der Waals surface area (Å²) < 4.78 is 0.131. The van der Waals surface area contributed by atoms with Crippen LogP contribution in [0.4, 0.5) is 0 Å². The predicted molar refractivity (Wildman–Crippen MR) is 49.8 cm³/mol. The Labute approximate surface area is 75.2 Å². The highest BCUT2D eigenvalue weighted by Crippen LogP contribution is 2.25. The van der Waals surface area contributed by atoms with E-state index in [2.05, 4.69) is 19.6 Å². The Morgan fingerprint density at radius 2 is 1.64 bits per heavy atom. The fraction of sp³-hybridized carbons (Fsp3) is 0.833. The second-order valence-electron chi connectivity index (χ2n) is 2.23. The number of carbonyl (C=O) groups is 1. The van der Waals surface area contributed by atoms with Crippen molar-refractivity contribution in [1.82, 2.24) is 0 Å². The van der Waals surface area contributed by atoms with Gasteiger partial charge in [0.25, 0.3) is 0 Å². The topological polar surface area (TPSA) is 37.3 Å². The number of hydrogen-bond acceptors (Lipinski definition) is 1. The Bertz CT molecular complexity index is 126. The van der Waals surface area contributed by atoms with Gasteiger partial charge >= 0.3 is 5.97 Å². The lowest BCUT2D eigenvalue weighted by Gasteiger charge is -2.26. The van der Waals surface area contributed by atoms with Crippen molar-refractivity contribution < 1.29 is 9.90 Å². The molecule has 0 saturated carbocycles. The van der Waals surface area contributed by atoms with Gasteiger partial charge in [-0.2, -0.15) is 0 Å². The summed E-state index contributed by atoms with van der Waals surface area (Å²) in [7, 11) is 2.27. The first-order valence-electron chi connectivity index (χ1n) is 3.38. The predicted octanol–water partition coefficient (Wildman–Crippen LogP) is 0.792. The molecule has 0 aromatic heterocycles. The summed E-state index contributed by atoms with van der Waals surface area (Å²) in [6.45, 7) is 6.32. The lowest BCUT2D eigenvalue weighted by molar-refractivity contribution is -0.136. The molecule has 0 aliphatic rings. The molecule has 1 N–H and O–H groups in total. The van der Waals surface area contributed by atoms with Crippen LogP contribution < -0.4 is 0 Å². The van der Waals surface area contributed by atoms with Crippen molar-refractivity contribution in [1.29, 1.82) is 0 Å². The molecule has 0 amide bonds. The van der Waals surface area contributed by atoms with E-state index >= 15 is 0 Å². The van der Waals surface area contributed by atoms with Crippen molar-refractivity contribution in [3.63, 3.8) is 0 Å². The standard InChI is InChI=1S/C6H12O2Si3/c1-9-6(10-2,11-3)4-5(7)8/h4H2,1-3H3,(H,7,8). The number of hydrogen-bond donors (Lipinski definition) is 1. The van der Waals surface area contributed by atoms with Gasteiger partial charge in [-0.15, -0.1) is 0 Å². The molecule has 0 heterocycles. The van der Waals surface area contributed by atoms with E-state index in [1.807, 2.05) is 0 Å². The summed E-state index contributed by atoms with van der Waals surface area (Å²) in [5.74, 6) is -0.650. The summed E-state index contributed by atoms with van der Waals surface area (Å²) in [6.07, 6.45) is 0.353. The molecule has 0 rings (SSSR count). The molecular formula is C6H12O2Si3. The van der Waals surface area contributed by atoms with Crippen LogP contribution in [0.15, 0.2) is 0 Å².